The van der Waals surface area contributed by atoms with Gasteiger partial charge in [0.15, 0.2) is 11.6 Å². The van der Waals surface area contributed by atoms with Crippen LogP contribution in [-0.4, -0.2) is 29.6 Å². The molecule has 27 heavy (non-hydrogen) atoms. The van der Waals surface area contributed by atoms with Gasteiger partial charge in [0.1, 0.15) is 25.1 Å². The van der Waals surface area contributed by atoms with E-state index in [1.807, 2.05) is 48.2 Å². The number of nitrogens with zero attached hydrogens (tertiary/aromatic N) is 6. The molecule has 134 valence electrons. The van der Waals surface area contributed by atoms with Crippen LogP contribution in [0, 0.1) is 22.7 Å². The molecule has 2 aromatic carbocycles. The van der Waals surface area contributed by atoms with E-state index in [4.69, 9.17) is 16.3 Å². The third kappa shape index (κ3) is 3.44. The summed E-state index contributed by atoms with van der Waals surface area (Å²) in [5.41, 5.74) is 7.71. The van der Waals surface area contributed by atoms with E-state index in [0.717, 1.165) is 16.5 Å². The van der Waals surface area contributed by atoms with Crippen molar-refractivity contribution in [3.05, 3.63) is 48.8 Å². The fourth-order valence-corrected chi connectivity index (χ4v) is 3.10. The Morgan fingerprint density at radius 1 is 0.963 bits per heavy atom. The molecule has 0 fully saturated rings. The largest absolute Gasteiger partial charge is 0.393 e. The van der Waals surface area contributed by atoms with E-state index in [-0.39, 0.29) is 13.1 Å². The van der Waals surface area contributed by atoms with Crippen molar-refractivity contribution >= 4 is 33.8 Å². The van der Waals surface area contributed by atoms with Crippen LogP contribution < -0.4 is 15.5 Å². The number of hydrogen-bond donors (Lipinski definition) is 1. The first kappa shape index (κ1) is 18.0. The molecule has 0 bridgehead atoms. The van der Waals surface area contributed by atoms with Gasteiger partial charge in [-0.25, -0.2) is 9.97 Å². The standard InChI is InChI=1S/C20H19N7/c1-2-27(17-9-5-7-15-6-3-4-8-16(15)17)20-18(23)19(24-14-25-20)26(12-10-21)13-11-22/h3-9,14H,2,12-13,23H2,1H3. The van der Waals surface area contributed by atoms with Crippen LogP contribution in [0.3, 0.4) is 0 Å². The van der Waals surface area contributed by atoms with E-state index >= 15 is 0 Å². The first-order chi connectivity index (χ1) is 13.2. The molecule has 0 unspecified atom stereocenters. The molecule has 0 amide bonds. The van der Waals surface area contributed by atoms with Crippen molar-refractivity contribution in [3.63, 3.8) is 0 Å². The van der Waals surface area contributed by atoms with Gasteiger partial charge in [0.05, 0.1) is 17.8 Å². The van der Waals surface area contributed by atoms with Gasteiger partial charge < -0.3 is 15.5 Å². The summed E-state index contributed by atoms with van der Waals surface area (Å²) in [5.74, 6) is 0.946. The molecule has 7 heteroatoms. The molecule has 3 aromatic rings. The lowest BCUT2D eigenvalue weighted by atomic mass is 10.1. The fraction of sp³-hybridized carbons (Fsp3) is 0.200. The summed E-state index contributed by atoms with van der Waals surface area (Å²) in [6.07, 6.45) is 1.41. The molecule has 0 saturated carbocycles. The Kier molecular flexibility index (Phi) is 5.34. The first-order valence-corrected chi connectivity index (χ1v) is 8.55. The number of fused-ring (bicyclic) bond motifs is 1. The zero-order chi connectivity index (χ0) is 19.2. The van der Waals surface area contributed by atoms with Crippen LogP contribution in [0.5, 0.6) is 0 Å². The Balaban J connectivity index is 2.13. The van der Waals surface area contributed by atoms with Gasteiger partial charge in [-0.3, -0.25) is 0 Å². The molecule has 1 heterocycles. The summed E-state index contributed by atoms with van der Waals surface area (Å²) in [4.78, 5) is 12.2. The van der Waals surface area contributed by atoms with Crippen molar-refractivity contribution < 1.29 is 0 Å². The maximum Gasteiger partial charge on any atom is 0.161 e. The highest BCUT2D eigenvalue weighted by Crippen LogP contribution is 2.36. The number of rotatable bonds is 6. The number of nitriles is 2. The third-order valence-corrected chi connectivity index (χ3v) is 4.29. The number of benzene rings is 2. The van der Waals surface area contributed by atoms with Gasteiger partial charge in [-0.2, -0.15) is 10.5 Å². The molecule has 0 aliphatic carbocycles. The van der Waals surface area contributed by atoms with E-state index in [1.165, 1.54) is 11.2 Å². The molecule has 1 aromatic heterocycles. The lowest BCUT2D eigenvalue weighted by molar-refractivity contribution is 0.917. The minimum atomic E-state index is 0.0224. The molecular weight excluding hydrogens is 338 g/mol. The van der Waals surface area contributed by atoms with Gasteiger partial charge in [-0.1, -0.05) is 36.4 Å². The minimum absolute atomic E-state index is 0.0224. The maximum absolute atomic E-state index is 9.04. The molecule has 3 rings (SSSR count). The smallest absolute Gasteiger partial charge is 0.161 e. The van der Waals surface area contributed by atoms with Crippen molar-refractivity contribution in [2.24, 2.45) is 0 Å². The van der Waals surface area contributed by atoms with Crippen LogP contribution in [0.15, 0.2) is 48.8 Å². The average Bonchev–Trinajstić information content (AvgIpc) is 2.70. The SMILES string of the molecule is CCN(c1ncnc(N(CC#N)CC#N)c1N)c1cccc2ccccc12. The zero-order valence-electron chi connectivity index (χ0n) is 15.0. The molecular formula is C20H19N7. The Labute approximate surface area is 157 Å². The Bertz CT molecular complexity index is 1010. The second-order valence-electron chi connectivity index (χ2n) is 5.85. The molecule has 0 aliphatic heterocycles. The number of aromatic nitrogens is 2. The maximum atomic E-state index is 9.04. The quantitative estimate of drug-likeness (QED) is 0.675. The predicted molar refractivity (Wildman–Crippen MR) is 107 cm³/mol. The number of anilines is 4. The van der Waals surface area contributed by atoms with E-state index in [1.54, 1.807) is 0 Å². The summed E-state index contributed by atoms with van der Waals surface area (Å²) < 4.78 is 0. The summed E-state index contributed by atoms with van der Waals surface area (Å²) in [7, 11) is 0. The van der Waals surface area contributed by atoms with Crippen molar-refractivity contribution in [3.8, 4) is 12.1 Å². The lowest BCUT2D eigenvalue weighted by Crippen LogP contribution is -2.27. The Morgan fingerprint density at radius 3 is 2.33 bits per heavy atom. The van der Waals surface area contributed by atoms with Gasteiger partial charge in [0, 0.05) is 11.9 Å². The Morgan fingerprint density at radius 2 is 1.63 bits per heavy atom. The van der Waals surface area contributed by atoms with E-state index < -0.39 is 0 Å². The van der Waals surface area contributed by atoms with E-state index in [9.17, 15) is 0 Å². The number of nitrogen functional groups attached to an aromatic ring is 1. The van der Waals surface area contributed by atoms with Crippen molar-refractivity contribution in [2.45, 2.75) is 6.92 Å². The lowest BCUT2D eigenvalue weighted by Gasteiger charge is -2.27. The molecule has 0 spiro atoms. The molecule has 0 saturated heterocycles. The molecule has 0 atom stereocenters. The average molecular weight is 357 g/mol. The van der Waals surface area contributed by atoms with Crippen molar-refractivity contribution in [1.82, 2.24) is 9.97 Å². The number of hydrogen-bond acceptors (Lipinski definition) is 7. The van der Waals surface area contributed by atoms with Crippen molar-refractivity contribution in [2.75, 3.05) is 35.2 Å². The highest BCUT2D eigenvalue weighted by molar-refractivity contribution is 5.97. The monoisotopic (exact) mass is 357 g/mol. The predicted octanol–water partition coefficient (Wildman–Crippen LogP) is 3.22. The summed E-state index contributed by atoms with van der Waals surface area (Å²) >= 11 is 0. The van der Waals surface area contributed by atoms with E-state index in [0.29, 0.717) is 23.9 Å². The third-order valence-electron chi connectivity index (χ3n) is 4.29. The molecule has 7 nitrogen and oxygen atoms in total. The van der Waals surface area contributed by atoms with Crippen LogP contribution in [0.25, 0.3) is 10.8 Å². The molecule has 0 radical (unpaired) electrons. The van der Waals surface area contributed by atoms with Gasteiger partial charge in [-0.15, -0.1) is 0 Å². The summed E-state index contributed by atoms with van der Waals surface area (Å²) in [6, 6.07) is 18.3. The van der Waals surface area contributed by atoms with Crippen LogP contribution in [-0.2, 0) is 0 Å². The minimum Gasteiger partial charge on any atom is -0.393 e. The Hall–Kier alpha value is -3.84. The first-order valence-electron chi connectivity index (χ1n) is 8.55. The van der Waals surface area contributed by atoms with Crippen molar-refractivity contribution in [1.29, 1.82) is 10.5 Å². The molecule has 2 N–H and O–H groups in total. The fourth-order valence-electron chi connectivity index (χ4n) is 3.10. The zero-order valence-corrected chi connectivity index (χ0v) is 15.0. The highest BCUT2D eigenvalue weighted by Gasteiger charge is 2.20. The van der Waals surface area contributed by atoms with Crippen LogP contribution in [0.2, 0.25) is 0 Å². The van der Waals surface area contributed by atoms with E-state index in [2.05, 4.69) is 28.2 Å². The van der Waals surface area contributed by atoms with Gasteiger partial charge in [0.2, 0.25) is 0 Å². The highest BCUT2D eigenvalue weighted by atomic mass is 15.3. The molecule has 0 aliphatic rings. The second-order valence-corrected chi connectivity index (χ2v) is 5.85. The second kappa shape index (κ2) is 8.03. The topological polar surface area (TPSA) is 106 Å². The normalized spacial score (nSPS) is 10.2. The van der Waals surface area contributed by atoms with Gasteiger partial charge >= 0.3 is 0 Å². The summed E-state index contributed by atoms with van der Waals surface area (Å²) in [6.45, 7) is 2.71. The van der Waals surface area contributed by atoms with Gasteiger partial charge in [0.25, 0.3) is 0 Å². The van der Waals surface area contributed by atoms with Crippen LogP contribution in [0.4, 0.5) is 23.0 Å². The van der Waals surface area contributed by atoms with Crippen LogP contribution in [0.1, 0.15) is 6.92 Å². The number of nitrogens with two attached hydrogens (primary N) is 1. The summed E-state index contributed by atoms with van der Waals surface area (Å²) in [5, 5.41) is 20.3. The van der Waals surface area contributed by atoms with Crippen LogP contribution >= 0.6 is 0 Å². The van der Waals surface area contributed by atoms with Gasteiger partial charge in [-0.05, 0) is 18.4 Å².